The second-order valence-corrected chi connectivity index (χ2v) is 7.10. The first-order chi connectivity index (χ1) is 13.0. The molecule has 0 heterocycles. The Labute approximate surface area is 158 Å². The van der Waals surface area contributed by atoms with Crippen LogP contribution in [-0.4, -0.2) is 6.61 Å². The summed E-state index contributed by atoms with van der Waals surface area (Å²) in [5.74, 6) is 0.416. The maximum absolute atomic E-state index is 14.9. The second-order valence-electron chi connectivity index (χ2n) is 7.10. The third-order valence-electron chi connectivity index (χ3n) is 5.36. The van der Waals surface area contributed by atoms with E-state index in [1.807, 2.05) is 19.1 Å². The summed E-state index contributed by atoms with van der Waals surface area (Å²) in [5.41, 5.74) is 1.20. The number of hydrogen-bond donors (Lipinski definition) is 0. The van der Waals surface area contributed by atoms with E-state index in [2.05, 4.69) is 16.9 Å². The van der Waals surface area contributed by atoms with Gasteiger partial charge in [-0.2, -0.15) is 8.78 Å². The minimum absolute atomic E-state index is 0.0601. The Kier molecular flexibility index (Phi) is 6.25. The van der Waals surface area contributed by atoms with Crippen molar-refractivity contribution in [2.75, 3.05) is 0 Å². The Morgan fingerprint density at radius 1 is 1.04 bits per heavy atom. The predicted molar refractivity (Wildman–Crippen MR) is 105 cm³/mol. The first-order valence-electron chi connectivity index (χ1n) is 9.50. The van der Waals surface area contributed by atoms with Gasteiger partial charge < -0.3 is 4.74 Å². The number of halogens is 3. The van der Waals surface area contributed by atoms with Gasteiger partial charge in [0, 0.05) is 5.39 Å². The molecule has 0 aliphatic heterocycles. The number of ether oxygens (including phenoxy) is 1. The van der Waals surface area contributed by atoms with Crippen molar-refractivity contribution < 1.29 is 17.9 Å². The van der Waals surface area contributed by atoms with Crippen molar-refractivity contribution >= 4 is 16.8 Å². The Hall–Kier alpha value is -2.23. The Balaban J connectivity index is 1.96. The maximum atomic E-state index is 14.9. The zero-order chi connectivity index (χ0) is 19.4. The molecule has 0 N–H and O–H groups in total. The summed E-state index contributed by atoms with van der Waals surface area (Å²) in [6.07, 6.45) is 11.9. The van der Waals surface area contributed by atoms with Crippen LogP contribution < -0.4 is 4.74 Å². The summed E-state index contributed by atoms with van der Waals surface area (Å²) in [7, 11) is 0. The third kappa shape index (κ3) is 4.37. The van der Waals surface area contributed by atoms with Crippen LogP contribution >= 0.6 is 0 Å². The fourth-order valence-electron chi connectivity index (χ4n) is 4.06. The summed E-state index contributed by atoms with van der Waals surface area (Å²) < 4.78 is 45.0. The van der Waals surface area contributed by atoms with Gasteiger partial charge in [-0.05, 0) is 68.4 Å². The lowest BCUT2D eigenvalue weighted by atomic mass is 9.78. The van der Waals surface area contributed by atoms with Crippen LogP contribution in [0.15, 0.2) is 42.5 Å². The molecule has 0 spiro atoms. The number of allylic oxidation sites excluding steroid dienone is 3. The highest BCUT2D eigenvalue weighted by Crippen LogP contribution is 2.39. The second kappa shape index (κ2) is 8.64. The van der Waals surface area contributed by atoms with Gasteiger partial charge in [0.2, 0.25) is 0 Å². The van der Waals surface area contributed by atoms with E-state index in [1.165, 1.54) is 12.1 Å². The highest BCUT2D eigenvalue weighted by Gasteiger charge is 2.22. The molecule has 0 radical (unpaired) electrons. The van der Waals surface area contributed by atoms with E-state index in [-0.39, 0.29) is 11.3 Å². The fraction of sp³-hybridized carbons (Fsp3) is 0.391. The van der Waals surface area contributed by atoms with E-state index >= 15 is 0 Å². The van der Waals surface area contributed by atoms with Gasteiger partial charge in [0.15, 0.2) is 0 Å². The van der Waals surface area contributed by atoms with Gasteiger partial charge in [-0.1, -0.05) is 42.5 Å². The molecular weight excluding hydrogens is 349 g/mol. The standard InChI is InChI=1S/C23H25F3O/c1-3-5-15-7-9-16(10-8-15)17-11-12-19-18(13-17)14-21(27-23(25)26)20(6-4-2)22(19)24/h3-6,11-16,23H,7-10H2,1-2H3/b5-3+,6-4+. The molecule has 1 aliphatic carbocycles. The number of benzene rings is 2. The van der Waals surface area contributed by atoms with Crippen LogP contribution in [0.3, 0.4) is 0 Å². The number of hydrogen-bond acceptors (Lipinski definition) is 1. The van der Waals surface area contributed by atoms with Crippen LogP contribution in [0.2, 0.25) is 0 Å². The van der Waals surface area contributed by atoms with Crippen LogP contribution in [0, 0.1) is 11.7 Å². The summed E-state index contributed by atoms with van der Waals surface area (Å²) in [6, 6.07) is 7.18. The molecule has 1 aliphatic rings. The molecule has 0 aromatic heterocycles. The number of fused-ring (bicyclic) bond motifs is 1. The fourth-order valence-corrected chi connectivity index (χ4v) is 4.06. The van der Waals surface area contributed by atoms with Crippen molar-refractivity contribution in [3.63, 3.8) is 0 Å². The van der Waals surface area contributed by atoms with Crippen LogP contribution in [0.1, 0.15) is 56.6 Å². The molecule has 0 saturated heterocycles. The van der Waals surface area contributed by atoms with Gasteiger partial charge in [-0.15, -0.1) is 0 Å². The van der Waals surface area contributed by atoms with E-state index < -0.39 is 12.4 Å². The van der Waals surface area contributed by atoms with E-state index in [9.17, 15) is 13.2 Å². The molecule has 144 valence electrons. The maximum Gasteiger partial charge on any atom is 0.387 e. The molecular formula is C23H25F3O. The Morgan fingerprint density at radius 3 is 2.41 bits per heavy atom. The zero-order valence-electron chi connectivity index (χ0n) is 15.7. The summed E-state index contributed by atoms with van der Waals surface area (Å²) in [5, 5.41) is 1.03. The SMILES string of the molecule is C/C=C/c1c(OC(F)F)cc2cc(C3CCC(/C=C/C)CC3)ccc2c1F. The highest BCUT2D eigenvalue weighted by molar-refractivity contribution is 5.88. The van der Waals surface area contributed by atoms with Gasteiger partial charge in [-0.25, -0.2) is 4.39 Å². The highest BCUT2D eigenvalue weighted by atomic mass is 19.3. The molecule has 4 heteroatoms. The average Bonchev–Trinajstić information content (AvgIpc) is 2.65. The van der Waals surface area contributed by atoms with Crippen LogP contribution in [0.4, 0.5) is 13.2 Å². The van der Waals surface area contributed by atoms with Crippen LogP contribution in [0.5, 0.6) is 5.75 Å². The third-order valence-corrected chi connectivity index (χ3v) is 5.36. The van der Waals surface area contributed by atoms with Gasteiger partial charge in [0.25, 0.3) is 0 Å². The van der Waals surface area contributed by atoms with Gasteiger partial charge in [0.1, 0.15) is 11.6 Å². The summed E-state index contributed by atoms with van der Waals surface area (Å²) >= 11 is 0. The van der Waals surface area contributed by atoms with Crippen molar-refractivity contribution in [2.45, 2.75) is 52.1 Å². The van der Waals surface area contributed by atoms with E-state index in [1.54, 1.807) is 19.1 Å². The lowest BCUT2D eigenvalue weighted by Gasteiger charge is -2.27. The lowest BCUT2D eigenvalue weighted by Crippen LogP contribution is -2.11. The molecule has 27 heavy (non-hydrogen) atoms. The minimum Gasteiger partial charge on any atom is -0.434 e. The van der Waals surface area contributed by atoms with Crippen LogP contribution in [-0.2, 0) is 0 Å². The summed E-state index contributed by atoms with van der Waals surface area (Å²) in [6.45, 7) is 0.768. The smallest absolute Gasteiger partial charge is 0.387 e. The average molecular weight is 374 g/mol. The topological polar surface area (TPSA) is 9.23 Å². The first-order valence-corrected chi connectivity index (χ1v) is 9.50. The molecule has 0 atom stereocenters. The molecule has 1 saturated carbocycles. The van der Waals surface area contributed by atoms with Crippen molar-refractivity contribution in [3.8, 4) is 5.75 Å². The van der Waals surface area contributed by atoms with Crippen molar-refractivity contribution in [3.05, 3.63) is 59.4 Å². The van der Waals surface area contributed by atoms with Gasteiger partial charge >= 0.3 is 6.61 Å². The molecule has 3 rings (SSSR count). The molecule has 2 aromatic carbocycles. The molecule has 1 fully saturated rings. The Bertz CT molecular complexity index is 846. The molecule has 0 amide bonds. The zero-order valence-corrected chi connectivity index (χ0v) is 15.7. The van der Waals surface area contributed by atoms with Gasteiger partial charge in [-0.3, -0.25) is 0 Å². The Morgan fingerprint density at radius 2 is 1.78 bits per heavy atom. The molecule has 1 nitrogen and oxygen atoms in total. The van der Waals surface area contributed by atoms with E-state index in [0.29, 0.717) is 22.6 Å². The normalized spacial score (nSPS) is 21.0. The van der Waals surface area contributed by atoms with Gasteiger partial charge in [0.05, 0.1) is 5.56 Å². The first kappa shape index (κ1) is 19.5. The predicted octanol–water partition coefficient (Wildman–Crippen LogP) is 7.46. The summed E-state index contributed by atoms with van der Waals surface area (Å²) in [4.78, 5) is 0. The van der Waals surface area contributed by atoms with Crippen LogP contribution in [0.25, 0.3) is 16.8 Å². The van der Waals surface area contributed by atoms with Crippen molar-refractivity contribution in [1.82, 2.24) is 0 Å². The van der Waals surface area contributed by atoms with Crippen molar-refractivity contribution in [2.24, 2.45) is 5.92 Å². The van der Waals surface area contributed by atoms with Crippen molar-refractivity contribution in [1.29, 1.82) is 0 Å². The number of rotatable bonds is 5. The van der Waals surface area contributed by atoms with E-state index in [0.717, 1.165) is 31.2 Å². The lowest BCUT2D eigenvalue weighted by molar-refractivity contribution is -0.0500. The minimum atomic E-state index is -2.99. The number of alkyl halides is 2. The molecule has 0 unspecified atom stereocenters. The largest absolute Gasteiger partial charge is 0.434 e. The quantitative estimate of drug-likeness (QED) is 0.493. The van der Waals surface area contributed by atoms with E-state index in [4.69, 9.17) is 0 Å². The molecule has 0 bridgehead atoms. The monoisotopic (exact) mass is 374 g/mol. The molecule has 2 aromatic rings.